The largest absolute Gasteiger partial charge is 0.396 e. The summed E-state index contributed by atoms with van der Waals surface area (Å²) in [5.41, 5.74) is 5.72. The smallest absolute Gasteiger partial charge is 0.154 e. The summed E-state index contributed by atoms with van der Waals surface area (Å²) in [7, 11) is 0. The second-order valence-electron chi connectivity index (χ2n) is 9.26. The van der Waals surface area contributed by atoms with Crippen LogP contribution in [0, 0.1) is 5.82 Å². The molecule has 8 heteroatoms. The summed E-state index contributed by atoms with van der Waals surface area (Å²) in [6.07, 6.45) is 5.16. The number of aliphatic hydroxyl groups excluding tert-OH is 1. The Labute approximate surface area is 214 Å². The maximum absolute atomic E-state index is 13.9. The molecule has 1 aliphatic heterocycles. The lowest BCUT2D eigenvalue weighted by Crippen LogP contribution is -2.24. The van der Waals surface area contributed by atoms with Gasteiger partial charge < -0.3 is 10.0 Å². The van der Waals surface area contributed by atoms with Gasteiger partial charge in [-0.25, -0.2) is 18.9 Å². The molecule has 0 aliphatic carbocycles. The highest BCUT2D eigenvalue weighted by Crippen LogP contribution is 2.35. The Kier molecular flexibility index (Phi) is 6.32. The number of rotatable bonds is 7. The number of anilines is 1. The van der Waals surface area contributed by atoms with Gasteiger partial charge in [-0.05, 0) is 79.8 Å². The van der Waals surface area contributed by atoms with Gasteiger partial charge in [0.2, 0.25) is 0 Å². The summed E-state index contributed by atoms with van der Waals surface area (Å²) in [4.78, 5) is 16.4. The van der Waals surface area contributed by atoms with E-state index in [4.69, 9.17) is 20.2 Å². The van der Waals surface area contributed by atoms with Crippen LogP contribution in [0.1, 0.15) is 36.6 Å². The molecule has 6 rings (SSSR count). The van der Waals surface area contributed by atoms with Crippen molar-refractivity contribution in [2.45, 2.75) is 31.7 Å². The molecule has 0 saturated carbocycles. The second kappa shape index (κ2) is 10.1. The van der Waals surface area contributed by atoms with Crippen LogP contribution in [0.4, 0.5) is 10.2 Å². The minimum Gasteiger partial charge on any atom is -0.396 e. The predicted molar refractivity (Wildman–Crippen MR) is 141 cm³/mol. The number of nitrogens with zero attached hydrogens (tertiary/aromatic N) is 6. The van der Waals surface area contributed by atoms with Gasteiger partial charge in [0.05, 0.1) is 29.3 Å². The topological polar surface area (TPSA) is 79.4 Å². The van der Waals surface area contributed by atoms with Gasteiger partial charge in [0, 0.05) is 18.8 Å². The molecule has 1 fully saturated rings. The zero-order valence-electron chi connectivity index (χ0n) is 20.3. The first kappa shape index (κ1) is 23.2. The van der Waals surface area contributed by atoms with E-state index in [2.05, 4.69) is 9.88 Å². The van der Waals surface area contributed by atoms with Crippen LogP contribution >= 0.6 is 0 Å². The normalized spacial score (nSPS) is 15.5. The summed E-state index contributed by atoms with van der Waals surface area (Å²) in [6.45, 7) is 0.999. The zero-order valence-corrected chi connectivity index (χ0v) is 20.3. The van der Waals surface area contributed by atoms with Crippen molar-refractivity contribution in [3.63, 3.8) is 0 Å². The van der Waals surface area contributed by atoms with Gasteiger partial charge in [-0.2, -0.15) is 0 Å². The van der Waals surface area contributed by atoms with E-state index in [-0.39, 0.29) is 18.5 Å². The van der Waals surface area contributed by atoms with E-state index in [1.165, 1.54) is 6.07 Å². The molecular formula is C29H27FN6O. The van der Waals surface area contributed by atoms with Crippen LogP contribution in [-0.2, 0) is 6.42 Å². The van der Waals surface area contributed by atoms with Crippen LogP contribution in [0.5, 0.6) is 0 Å². The van der Waals surface area contributed by atoms with Crippen LogP contribution in [0.15, 0.2) is 79.0 Å². The van der Waals surface area contributed by atoms with Crippen molar-refractivity contribution in [1.29, 1.82) is 0 Å². The number of aromatic nitrogens is 5. The third-order valence-corrected chi connectivity index (χ3v) is 6.80. The Morgan fingerprint density at radius 1 is 0.919 bits per heavy atom. The second-order valence-corrected chi connectivity index (χ2v) is 9.26. The van der Waals surface area contributed by atoms with E-state index in [0.29, 0.717) is 6.42 Å². The lowest BCUT2D eigenvalue weighted by Gasteiger charge is -2.26. The number of pyridine rings is 2. The van der Waals surface area contributed by atoms with Crippen LogP contribution in [0.2, 0.25) is 0 Å². The summed E-state index contributed by atoms with van der Waals surface area (Å²) >= 11 is 0. The Hall–Kier alpha value is -4.17. The van der Waals surface area contributed by atoms with E-state index >= 15 is 0 Å². The van der Waals surface area contributed by atoms with E-state index in [9.17, 15) is 4.39 Å². The number of hydrogen-bond donors (Lipinski definition) is 1. The Balaban J connectivity index is 1.34. The number of fused-ring (bicyclic) bond motifs is 1. The van der Waals surface area contributed by atoms with E-state index in [1.807, 2.05) is 59.1 Å². The fraction of sp³-hybridized carbons (Fsp3) is 0.241. The molecule has 37 heavy (non-hydrogen) atoms. The van der Waals surface area contributed by atoms with Crippen LogP contribution in [0.25, 0.3) is 28.4 Å². The van der Waals surface area contributed by atoms with Gasteiger partial charge in [-0.3, -0.25) is 4.98 Å². The molecule has 0 amide bonds. The number of aryl methyl sites for hydroxylation is 1. The average Bonchev–Trinajstić information content (AvgIpc) is 3.59. The number of imidazole rings is 1. The maximum Gasteiger partial charge on any atom is 0.154 e. The molecule has 1 atom stereocenters. The molecule has 4 aromatic heterocycles. The van der Waals surface area contributed by atoms with Gasteiger partial charge in [-0.1, -0.05) is 24.3 Å². The molecule has 0 bridgehead atoms. The molecule has 0 radical (unpaired) electrons. The highest BCUT2D eigenvalue weighted by atomic mass is 19.1. The monoisotopic (exact) mass is 494 g/mol. The highest BCUT2D eigenvalue weighted by molar-refractivity contribution is 5.64. The quantitative estimate of drug-likeness (QED) is 0.333. The van der Waals surface area contributed by atoms with Crippen molar-refractivity contribution in [3.05, 3.63) is 96.1 Å². The fourth-order valence-electron chi connectivity index (χ4n) is 5.03. The molecule has 1 aliphatic rings. The number of benzene rings is 1. The van der Waals surface area contributed by atoms with Crippen molar-refractivity contribution < 1.29 is 9.50 Å². The Morgan fingerprint density at radius 2 is 1.73 bits per heavy atom. The predicted octanol–water partition coefficient (Wildman–Crippen LogP) is 5.26. The van der Waals surface area contributed by atoms with Crippen molar-refractivity contribution in [1.82, 2.24) is 24.6 Å². The standard InChI is InChI=1S/C29H27FN6O/c30-21-7-1-6-20(18-21)26-13-4-16-35(26)29-15-14-28-31-19-27(36(28)34-29)25-12-3-11-24(33-25)23-10-2-8-22(32-23)9-5-17-37/h1-3,6-8,10-12,14-15,18-19,26,37H,4-5,9,13,16-17H2/t26-/m1/s1. The third kappa shape index (κ3) is 4.68. The van der Waals surface area contributed by atoms with Gasteiger partial charge in [0.25, 0.3) is 0 Å². The van der Waals surface area contributed by atoms with Crippen molar-refractivity contribution in [3.8, 4) is 22.8 Å². The Bertz CT molecular complexity index is 1550. The minimum absolute atomic E-state index is 0.0817. The van der Waals surface area contributed by atoms with Crippen molar-refractivity contribution in [2.24, 2.45) is 0 Å². The molecule has 1 saturated heterocycles. The van der Waals surface area contributed by atoms with E-state index in [0.717, 1.165) is 71.3 Å². The van der Waals surface area contributed by atoms with E-state index in [1.54, 1.807) is 18.3 Å². The number of hydrogen-bond acceptors (Lipinski definition) is 6. The molecule has 7 nitrogen and oxygen atoms in total. The van der Waals surface area contributed by atoms with Crippen LogP contribution in [0.3, 0.4) is 0 Å². The highest BCUT2D eigenvalue weighted by Gasteiger charge is 2.28. The lowest BCUT2D eigenvalue weighted by atomic mass is 10.0. The number of aliphatic hydroxyl groups is 1. The summed E-state index contributed by atoms with van der Waals surface area (Å²) in [5, 5.41) is 14.1. The van der Waals surface area contributed by atoms with Crippen molar-refractivity contribution >= 4 is 11.5 Å². The summed E-state index contributed by atoms with van der Waals surface area (Å²) in [6, 6.07) is 22.6. The molecule has 186 valence electrons. The molecule has 0 unspecified atom stereocenters. The third-order valence-electron chi connectivity index (χ3n) is 6.80. The molecule has 5 aromatic rings. The first-order valence-electron chi connectivity index (χ1n) is 12.6. The Morgan fingerprint density at radius 3 is 2.59 bits per heavy atom. The van der Waals surface area contributed by atoms with Gasteiger partial charge in [0.15, 0.2) is 5.65 Å². The first-order valence-corrected chi connectivity index (χ1v) is 12.6. The number of halogens is 1. The van der Waals surface area contributed by atoms with Crippen LogP contribution in [-0.4, -0.2) is 42.8 Å². The van der Waals surface area contributed by atoms with E-state index < -0.39 is 0 Å². The SMILES string of the molecule is OCCCc1cccc(-c2cccc(-c3cnc4ccc(N5CCC[C@@H]5c5cccc(F)c5)nn34)n2)n1. The van der Waals surface area contributed by atoms with Gasteiger partial charge >= 0.3 is 0 Å². The minimum atomic E-state index is -0.218. The molecule has 1 aromatic carbocycles. The molecular weight excluding hydrogens is 467 g/mol. The van der Waals surface area contributed by atoms with Crippen molar-refractivity contribution in [2.75, 3.05) is 18.1 Å². The molecule has 5 heterocycles. The molecule has 0 spiro atoms. The fourth-order valence-corrected chi connectivity index (χ4v) is 5.03. The van der Waals surface area contributed by atoms with Gasteiger partial charge in [0.1, 0.15) is 17.3 Å². The molecule has 1 N–H and O–H groups in total. The maximum atomic E-state index is 13.9. The summed E-state index contributed by atoms with van der Waals surface area (Å²) in [5.74, 6) is 0.608. The van der Waals surface area contributed by atoms with Gasteiger partial charge in [-0.15, -0.1) is 5.10 Å². The summed E-state index contributed by atoms with van der Waals surface area (Å²) < 4.78 is 15.7. The lowest BCUT2D eigenvalue weighted by molar-refractivity contribution is 0.288. The first-order chi connectivity index (χ1) is 18.2. The van der Waals surface area contributed by atoms with Crippen LogP contribution < -0.4 is 4.90 Å². The average molecular weight is 495 g/mol. The zero-order chi connectivity index (χ0) is 25.2.